The molecule has 2 N–H and O–H groups in total. The van der Waals surface area contributed by atoms with Gasteiger partial charge in [-0.3, -0.25) is 0 Å². The Morgan fingerprint density at radius 3 is 3.00 bits per heavy atom. The molecule has 0 saturated carbocycles. The van der Waals surface area contributed by atoms with Gasteiger partial charge < -0.3 is 15.3 Å². The van der Waals surface area contributed by atoms with Crippen LogP contribution in [0.5, 0.6) is 0 Å². The van der Waals surface area contributed by atoms with Crippen molar-refractivity contribution in [2.45, 2.75) is 19.4 Å². The van der Waals surface area contributed by atoms with Crippen LogP contribution < -0.4 is 10.2 Å². The van der Waals surface area contributed by atoms with Gasteiger partial charge in [-0.15, -0.1) is 5.10 Å². The maximum atomic E-state index is 10.5. The molecular formula is C10H14N4O2. The standard InChI is InChI=1S/C10H14N4O2/c1-7-2-3-9(13-12-7)14-5-4-8(6-14)11-10(15)16/h2-3,8,11H,4-6H2,1H3,(H,15,16)/t8-/m1/s1. The van der Waals surface area contributed by atoms with Crippen molar-refractivity contribution in [2.75, 3.05) is 18.0 Å². The zero-order valence-electron chi connectivity index (χ0n) is 9.05. The highest BCUT2D eigenvalue weighted by atomic mass is 16.4. The van der Waals surface area contributed by atoms with Crippen molar-refractivity contribution < 1.29 is 9.90 Å². The van der Waals surface area contributed by atoms with E-state index in [2.05, 4.69) is 15.5 Å². The van der Waals surface area contributed by atoms with Crippen molar-refractivity contribution in [1.82, 2.24) is 15.5 Å². The van der Waals surface area contributed by atoms with Gasteiger partial charge in [0.05, 0.1) is 11.7 Å². The Morgan fingerprint density at radius 1 is 1.56 bits per heavy atom. The molecule has 6 nitrogen and oxygen atoms in total. The Kier molecular flexibility index (Phi) is 2.89. The normalized spacial score (nSPS) is 19.8. The maximum Gasteiger partial charge on any atom is 0.404 e. The molecule has 86 valence electrons. The fourth-order valence-corrected chi connectivity index (χ4v) is 1.82. The maximum absolute atomic E-state index is 10.5. The van der Waals surface area contributed by atoms with Crippen molar-refractivity contribution in [3.05, 3.63) is 17.8 Å². The molecule has 1 atom stereocenters. The molecule has 1 aromatic rings. The minimum atomic E-state index is -0.971. The van der Waals surface area contributed by atoms with Gasteiger partial charge in [0, 0.05) is 13.1 Å². The number of aryl methyl sites for hydroxylation is 1. The van der Waals surface area contributed by atoms with Crippen LogP contribution in [0.2, 0.25) is 0 Å². The molecule has 6 heteroatoms. The lowest BCUT2D eigenvalue weighted by molar-refractivity contribution is 0.191. The van der Waals surface area contributed by atoms with E-state index in [4.69, 9.17) is 5.11 Å². The molecule has 1 aliphatic heterocycles. The molecule has 0 spiro atoms. The first kappa shape index (κ1) is 10.7. The smallest absolute Gasteiger partial charge is 0.404 e. The first-order valence-corrected chi connectivity index (χ1v) is 5.20. The summed E-state index contributed by atoms with van der Waals surface area (Å²) in [7, 11) is 0. The Morgan fingerprint density at radius 2 is 2.38 bits per heavy atom. The molecule has 2 heterocycles. The lowest BCUT2D eigenvalue weighted by atomic mass is 10.3. The number of nitrogens with one attached hydrogen (secondary N) is 1. The van der Waals surface area contributed by atoms with Gasteiger partial charge in [0.15, 0.2) is 5.82 Å². The first-order valence-electron chi connectivity index (χ1n) is 5.20. The lowest BCUT2D eigenvalue weighted by Gasteiger charge is -2.16. The molecule has 1 aromatic heterocycles. The zero-order chi connectivity index (χ0) is 11.5. The van der Waals surface area contributed by atoms with Gasteiger partial charge >= 0.3 is 6.09 Å². The van der Waals surface area contributed by atoms with Crippen LogP contribution in [0.25, 0.3) is 0 Å². The van der Waals surface area contributed by atoms with Gasteiger partial charge in [-0.25, -0.2) is 4.79 Å². The first-order chi connectivity index (χ1) is 7.65. The van der Waals surface area contributed by atoms with E-state index in [1.807, 2.05) is 24.0 Å². The number of anilines is 1. The third kappa shape index (κ3) is 2.39. The van der Waals surface area contributed by atoms with E-state index in [-0.39, 0.29) is 6.04 Å². The highest BCUT2D eigenvalue weighted by Gasteiger charge is 2.24. The Balaban J connectivity index is 1.98. The fraction of sp³-hybridized carbons (Fsp3) is 0.500. The van der Waals surface area contributed by atoms with E-state index < -0.39 is 6.09 Å². The SMILES string of the molecule is Cc1ccc(N2CC[C@@H](NC(=O)O)C2)nn1. The summed E-state index contributed by atoms with van der Waals surface area (Å²) in [6, 6.07) is 3.80. The summed E-state index contributed by atoms with van der Waals surface area (Å²) in [6.07, 6.45) is -0.163. The molecule has 1 amide bonds. The van der Waals surface area contributed by atoms with Crippen LogP contribution in [-0.4, -0.2) is 40.5 Å². The largest absolute Gasteiger partial charge is 0.465 e. The van der Waals surface area contributed by atoms with Gasteiger partial charge in [-0.1, -0.05) is 0 Å². The van der Waals surface area contributed by atoms with E-state index >= 15 is 0 Å². The molecule has 0 radical (unpaired) electrons. The second-order valence-corrected chi connectivity index (χ2v) is 3.91. The van der Waals surface area contributed by atoms with E-state index in [1.54, 1.807) is 0 Å². The average Bonchev–Trinajstić information content (AvgIpc) is 2.66. The number of aromatic nitrogens is 2. The van der Waals surface area contributed by atoms with Crippen molar-refractivity contribution in [3.8, 4) is 0 Å². The van der Waals surface area contributed by atoms with E-state index in [0.29, 0.717) is 6.54 Å². The Bertz CT molecular complexity index is 379. The molecule has 0 unspecified atom stereocenters. The van der Waals surface area contributed by atoms with Crippen molar-refractivity contribution in [1.29, 1.82) is 0 Å². The van der Waals surface area contributed by atoms with Crippen molar-refractivity contribution in [3.63, 3.8) is 0 Å². The van der Waals surface area contributed by atoms with Crippen molar-refractivity contribution >= 4 is 11.9 Å². The van der Waals surface area contributed by atoms with Crippen molar-refractivity contribution in [2.24, 2.45) is 0 Å². The summed E-state index contributed by atoms with van der Waals surface area (Å²) in [5.74, 6) is 0.806. The van der Waals surface area contributed by atoms with Crippen LogP contribution in [0.1, 0.15) is 12.1 Å². The second kappa shape index (κ2) is 4.34. The lowest BCUT2D eigenvalue weighted by Crippen LogP contribution is -2.36. The topological polar surface area (TPSA) is 78.4 Å². The molecule has 1 aliphatic rings. The second-order valence-electron chi connectivity index (χ2n) is 3.91. The molecule has 2 rings (SSSR count). The molecule has 1 saturated heterocycles. The molecule has 0 aromatic carbocycles. The number of amides is 1. The highest BCUT2D eigenvalue weighted by molar-refractivity contribution is 5.65. The van der Waals surface area contributed by atoms with Crippen LogP contribution >= 0.6 is 0 Å². The predicted molar refractivity (Wildman–Crippen MR) is 58.5 cm³/mol. The van der Waals surface area contributed by atoms with Gasteiger partial charge in [0.1, 0.15) is 0 Å². The van der Waals surface area contributed by atoms with Gasteiger partial charge in [-0.2, -0.15) is 5.10 Å². The van der Waals surface area contributed by atoms with E-state index in [9.17, 15) is 4.79 Å². The van der Waals surface area contributed by atoms with Gasteiger partial charge in [0.25, 0.3) is 0 Å². The Labute approximate surface area is 93.3 Å². The number of hydrogen-bond acceptors (Lipinski definition) is 4. The quantitative estimate of drug-likeness (QED) is 0.767. The number of nitrogens with zero attached hydrogens (tertiary/aromatic N) is 3. The van der Waals surface area contributed by atoms with Crippen LogP contribution in [-0.2, 0) is 0 Å². The number of rotatable bonds is 2. The van der Waals surface area contributed by atoms with Crippen LogP contribution in [0.15, 0.2) is 12.1 Å². The molecular weight excluding hydrogens is 208 g/mol. The third-order valence-electron chi connectivity index (χ3n) is 2.62. The zero-order valence-corrected chi connectivity index (χ0v) is 9.05. The summed E-state index contributed by atoms with van der Waals surface area (Å²) in [6.45, 7) is 3.35. The van der Waals surface area contributed by atoms with E-state index in [1.165, 1.54) is 0 Å². The molecule has 1 fully saturated rings. The third-order valence-corrected chi connectivity index (χ3v) is 2.62. The minimum Gasteiger partial charge on any atom is -0.465 e. The predicted octanol–water partition coefficient (Wildman–Crippen LogP) is 0.631. The monoisotopic (exact) mass is 222 g/mol. The van der Waals surface area contributed by atoms with Crippen LogP contribution in [0.3, 0.4) is 0 Å². The average molecular weight is 222 g/mol. The summed E-state index contributed by atoms with van der Waals surface area (Å²) < 4.78 is 0. The number of carbonyl (C=O) groups is 1. The van der Waals surface area contributed by atoms with Crippen LogP contribution in [0.4, 0.5) is 10.6 Å². The summed E-state index contributed by atoms with van der Waals surface area (Å²) in [5.41, 5.74) is 0.878. The summed E-state index contributed by atoms with van der Waals surface area (Å²) in [5, 5.41) is 19.1. The molecule has 0 bridgehead atoms. The molecule has 0 aliphatic carbocycles. The number of carboxylic acid groups (broad SMARTS) is 1. The molecule has 16 heavy (non-hydrogen) atoms. The van der Waals surface area contributed by atoms with Crippen LogP contribution in [0, 0.1) is 6.92 Å². The number of hydrogen-bond donors (Lipinski definition) is 2. The summed E-state index contributed by atoms with van der Waals surface area (Å²) >= 11 is 0. The minimum absolute atomic E-state index is 0.0133. The Hall–Kier alpha value is -1.85. The summed E-state index contributed by atoms with van der Waals surface area (Å²) in [4.78, 5) is 12.5. The fourth-order valence-electron chi connectivity index (χ4n) is 1.82. The van der Waals surface area contributed by atoms with Gasteiger partial charge in [0.2, 0.25) is 0 Å². The van der Waals surface area contributed by atoms with E-state index in [0.717, 1.165) is 24.5 Å². The highest BCUT2D eigenvalue weighted by Crippen LogP contribution is 2.17. The van der Waals surface area contributed by atoms with Gasteiger partial charge in [-0.05, 0) is 25.5 Å².